The van der Waals surface area contributed by atoms with Crippen LogP contribution in [0.4, 0.5) is 0 Å². The summed E-state index contributed by atoms with van der Waals surface area (Å²) in [5.74, 6) is 0. The van der Waals surface area contributed by atoms with E-state index < -0.39 is 0 Å². The van der Waals surface area contributed by atoms with Crippen molar-refractivity contribution in [3.8, 4) is 0 Å². The van der Waals surface area contributed by atoms with E-state index >= 15 is 0 Å². The van der Waals surface area contributed by atoms with Crippen LogP contribution in [0.2, 0.25) is 0 Å². The number of nitrogens with one attached hydrogen (secondary N) is 1. The van der Waals surface area contributed by atoms with E-state index in [1.165, 1.54) is 51.6 Å². The molecule has 3 aliphatic rings. The number of hydrogen-bond donors (Lipinski definition) is 1. The minimum absolute atomic E-state index is 0. The van der Waals surface area contributed by atoms with E-state index in [1.807, 2.05) is 7.11 Å². The maximum absolute atomic E-state index is 5.57. The van der Waals surface area contributed by atoms with E-state index in [0.717, 1.165) is 18.1 Å². The smallest absolute Gasteiger partial charge is 0.0601 e. The topological polar surface area (TPSA) is 24.5 Å². The van der Waals surface area contributed by atoms with Gasteiger partial charge in [0, 0.05) is 25.2 Å². The maximum Gasteiger partial charge on any atom is 0.0601 e. The summed E-state index contributed by atoms with van der Waals surface area (Å²) < 4.78 is 5.57. The summed E-state index contributed by atoms with van der Waals surface area (Å²) in [7, 11) is 1.88. The summed E-state index contributed by atoms with van der Waals surface area (Å²) in [6, 6.07) is 2.51. The van der Waals surface area contributed by atoms with Crippen LogP contribution in [0, 0.1) is 0 Å². The van der Waals surface area contributed by atoms with Gasteiger partial charge in [0.25, 0.3) is 0 Å². The normalized spacial score (nSPS) is 36.8. The highest BCUT2D eigenvalue weighted by molar-refractivity contribution is 5.85. The van der Waals surface area contributed by atoms with Gasteiger partial charge in [-0.3, -0.25) is 4.90 Å². The molecule has 0 amide bonds. The van der Waals surface area contributed by atoms with Gasteiger partial charge in [-0.2, -0.15) is 0 Å². The molecule has 0 aromatic heterocycles. The third-order valence-corrected chi connectivity index (χ3v) is 4.81. The average Bonchev–Trinajstić information content (AvgIpc) is 2.61. The van der Waals surface area contributed by atoms with Gasteiger partial charge >= 0.3 is 0 Å². The highest BCUT2D eigenvalue weighted by Crippen LogP contribution is 2.39. The number of nitrogens with zero attached hydrogens (tertiary/aromatic N) is 1. The number of fused-ring (bicyclic) bond motifs is 2. The number of hydrogen-bond acceptors (Lipinski definition) is 3. The predicted molar refractivity (Wildman–Crippen MR) is 79.1 cm³/mol. The van der Waals surface area contributed by atoms with E-state index in [-0.39, 0.29) is 24.8 Å². The lowest BCUT2D eigenvalue weighted by atomic mass is 9.94. The maximum atomic E-state index is 5.57. The summed E-state index contributed by atoms with van der Waals surface area (Å²) >= 11 is 0. The van der Waals surface area contributed by atoms with Crippen LogP contribution in [0.3, 0.4) is 0 Å². The van der Waals surface area contributed by atoms with Gasteiger partial charge in [0.15, 0.2) is 0 Å². The first-order valence-electron chi connectivity index (χ1n) is 6.89. The summed E-state index contributed by atoms with van der Waals surface area (Å²) in [6.45, 7) is 2.43. The van der Waals surface area contributed by atoms with Crippen molar-refractivity contribution in [1.82, 2.24) is 10.2 Å². The minimum atomic E-state index is 0. The first-order chi connectivity index (χ1) is 7.88. The fraction of sp³-hybridized carbons (Fsp3) is 1.00. The molecule has 0 aromatic rings. The third kappa shape index (κ3) is 3.13. The largest absolute Gasteiger partial charge is 0.381 e. The van der Waals surface area contributed by atoms with Crippen LogP contribution in [0.1, 0.15) is 38.5 Å². The Morgan fingerprint density at radius 1 is 0.889 bits per heavy atom. The fourth-order valence-corrected chi connectivity index (χ4v) is 4.06. The molecule has 3 saturated heterocycles. The lowest BCUT2D eigenvalue weighted by Gasteiger charge is -2.44. The molecule has 5 heteroatoms. The molecule has 2 unspecified atom stereocenters. The third-order valence-electron chi connectivity index (χ3n) is 4.81. The SMILES string of the molecule is COC1CC2CCC(C1)N2C1CCNCC1.Cl.Cl. The van der Waals surface area contributed by atoms with Crippen molar-refractivity contribution < 1.29 is 4.74 Å². The van der Waals surface area contributed by atoms with Gasteiger partial charge in [-0.1, -0.05) is 0 Å². The molecule has 18 heavy (non-hydrogen) atoms. The van der Waals surface area contributed by atoms with Crippen molar-refractivity contribution in [3.05, 3.63) is 0 Å². The predicted octanol–water partition coefficient (Wildman–Crippen LogP) is 2.22. The molecule has 2 bridgehead atoms. The molecule has 3 heterocycles. The van der Waals surface area contributed by atoms with E-state index in [2.05, 4.69) is 10.2 Å². The number of halogens is 2. The Balaban J connectivity index is 0.000000810. The van der Waals surface area contributed by atoms with Gasteiger partial charge in [-0.15, -0.1) is 24.8 Å². The molecule has 0 aliphatic carbocycles. The molecule has 0 radical (unpaired) electrons. The van der Waals surface area contributed by atoms with Crippen LogP contribution in [0.5, 0.6) is 0 Å². The number of ether oxygens (including phenoxy) is 1. The molecular formula is C13H26Cl2N2O. The standard InChI is InChI=1S/C13H24N2O.2ClH/c1-16-13-8-11-2-3-12(9-13)15(11)10-4-6-14-7-5-10;;/h10-14H,2-9H2,1H3;2*1H. The first kappa shape index (κ1) is 16.5. The van der Waals surface area contributed by atoms with E-state index in [1.54, 1.807) is 0 Å². The Hall–Kier alpha value is 0.460. The van der Waals surface area contributed by atoms with Crippen LogP contribution in [0.25, 0.3) is 0 Å². The summed E-state index contributed by atoms with van der Waals surface area (Å²) in [4.78, 5) is 2.86. The van der Waals surface area contributed by atoms with Gasteiger partial charge in [-0.05, 0) is 51.6 Å². The monoisotopic (exact) mass is 296 g/mol. The fourth-order valence-electron chi connectivity index (χ4n) is 4.06. The molecular weight excluding hydrogens is 271 g/mol. The second-order valence-electron chi connectivity index (χ2n) is 5.64. The molecule has 0 aromatic carbocycles. The molecule has 3 rings (SSSR count). The van der Waals surface area contributed by atoms with Gasteiger partial charge in [-0.25, -0.2) is 0 Å². The summed E-state index contributed by atoms with van der Waals surface area (Å²) in [6.07, 6.45) is 8.61. The molecule has 1 N–H and O–H groups in total. The van der Waals surface area contributed by atoms with E-state index in [4.69, 9.17) is 4.74 Å². The molecule has 3 nitrogen and oxygen atoms in total. The molecule has 3 aliphatic heterocycles. The highest BCUT2D eigenvalue weighted by Gasteiger charge is 2.43. The van der Waals surface area contributed by atoms with Crippen molar-refractivity contribution >= 4 is 24.8 Å². The average molecular weight is 297 g/mol. The van der Waals surface area contributed by atoms with Crippen LogP contribution < -0.4 is 5.32 Å². The second-order valence-corrected chi connectivity index (χ2v) is 5.64. The molecule has 2 atom stereocenters. The van der Waals surface area contributed by atoms with Crippen molar-refractivity contribution in [1.29, 1.82) is 0 Å². The lowest BCUT2D eigenvalue weighted by molar-refractivity contribution is -0.0180. The number of rotatable bonds is 2. The Bertz CT molecular complexity index is 235. The highest BCUT2D eigenvalue weighted by atomic mass is 35.5. The molecule has 0 spiro atoms. The Labute approximate surface area is 123 Å². The van der Waals surface area contributed by atoms with Gasteiger partial charge < -0.3 is 10.1 Å². The van der Waals surface area contributed by atoms with Crippen LogP contribution in [-0.4, -0.2) is 49.3 Å². The quantitative estimate of drug-likeness (QED) is 0.846. The van der Waals surface area contributed by atoms with Crippen LogP contribution >= 0.6 is 24.8 Å². The van der Waals surface area contributed by atoms with Crippen molar-refractivity contribution in [2.75, 3.05) is 20.2 Å². The van der Waals surface area contributed by atoms with Crippen molar-refractivity contribution in [3.63, 3.8) is 0 Å². The lowest BCUT2D eigenvalue weighted by Crippen LogP contribution is -2.53. The number of piperidine rings is 2. The minimum Gasteiger partial charge on any atom is -0.381 e. The zero-order valence-corrected chi connectivity index (χ0v) is 12.8. The van der Waals surface area contributed by atoms with Crippen LogP contribution in [0.15, 0.2) is 0 Å². The van der Waals surface area contributed by atoms with Gasteiger partial charge in [0.05, 0.1) is 6.10 Å². The Morgan fingerprint density at radius 3 is 1.94 bits per heavy atom. The summed E-state index contributed by atoms with van der Waals surface area (Å²) in [5.41, 5.74) is 0. The zero-order valence-electron chi connectivity index (χ0n) is 11.1. The molecule has 0 saturated carbocycles. The van der Waals surface area contributed by atoms with Gasteiger partial charge in [0.2, 0.25) is 0 Å². The zero-order chi connectivity index (χ0) is 11.0. The molecule has 3 fully saturated rings. The van der Waals surface area contributed by atoms with Crippen molar-refractivity contribution in [2.24, 2.45) is 0 Å². The Kier molecular flexibility index (Phi) is 6.70. The molecule has 108 valence electrons. The summed E-state index contributed by atoms with van der Waals surface area (Å²) in [5, 5.41) is 3.47. The first-order valence-corrected chi connectivity index (χ1v) is 6.89. The van der Waals surface area contributed by atoms with Gasteiger partial charge in [0.1, 0.15) is 0 Å². The second kappa shape index (κ2) is 7.30. The van der Waals surface area contributed by atoms with Crippen LogP contribution in [-0.2, 0) is 4.74 Å². The van der Waals surface area contributed by atoms with E-state index in [0.29, 0.717) is 6.10 Å². The van der Waals surface area contributed by atoms with Crippen molar-refractivity contribution in [2.45, 2.75) is 62.8 Å². The van der Waals surface area contributed by atoms with E-state index in [9.17, 15) is 0 Å². The Morgan fingerprint density at radius 2 is 1.44 bits per heavy atom. The number of methoxy groups -OCH3 is 1.